The zero-order valence-corrected chi connectivity index (χ0v) is 11.8. The van der Waals surface area contributed by atoms with Crippen LogP contribution >= 0.6 is 0 Å². The highest BCUT2D eigenvalue weighted by Gasteiger charge is 2.22. The van der Waals surface area contributed by atoms with Crippen LogP contribution in [0.25, 0.3) is 0 Å². The van der Waals surface area contributed by atoms with Gasteiger partial charge in [0.25, 0.3) is 0 Å². The molecule has 0 amide bonds. The minimum absolute atomic E-state index is 0.131. The van der Waals surface area contributed by atoms with Crippen LogP contribution in [0.5, 0.6) is 0 Å². The van der Waals surface area contributed by atoms with Crippen LogP contribution in [0.3, 0.4) is 0 Å². The average Bonchev–Trinajstić information content (AvgIpc) is 2.29. The fraction of sp³-hybridized carbons (Fsp3) is 1.00. The second-order valence-electron chi connectivity index (χ2n) is 6.39. The summed E-state index contributed by atoms with van der Waals surface area (Å²) in [4.78, 5) is 2.53. The molecular weight excluding hydrogens is 212 g/mol. The molecule has 1 aliphatic rings. The van der Waals surface area contributed by atoms with Crippen molar-refractivity contribution in [2.45, 2.75) is 52.6 Å². The Hall–Kier alpha value is -0.120. The summed E-state index contributed by atoms with van der Waals surface area (Å²) in [5.41, 5.74) is 6.03. The Morgan fingerprint density at radius 3 is 2.41 bits per heavy atom. The minimum atomic E-state index is -0.131. The van der Waals surface area contributed by atoms with Crippen LogP contribution in [0, 0.1) is 11.3 Å². The molecule has 1 rings (SSSR count). The van der Waals surface area contributed by atoms with E-state index in [1.807, 2.05) is 6.92 Å². The van der Waals surface area contributed by atoms with E-state index in [2.05, 4.69) is 18.7 Å². The largest absolute Gasteiger partial charge is 0.393 e. The fourth-order valence-electron chi connectivity index (χ4n) is 2.54. The Kier molecular flexibility index (Phi) is 5.90. The SMILES string of the molecule is CC(O)C1CCN(CCCC(C)(C)CN)CC1. The van der Waals surface area contributed by atoms with Crippen molar-refractivity contribution >= 4 is 0 Å². The summed E-state index contributed by atoms with van der Waals surface area (Å²) in [5.74, 6) is 0.520. The Bertz CT molecular complexity index is 208. The van der Waals surface area contributed by atoms with Gasteiger partial charge in [0.15, 0.2) is 0 Å². The first-order chi connectivity index (χ1) is 7.94. The van der Waals surface area contributed by atoms with Gasteiger partial charge in [-0.15, -0.1) is 0 Å². The number of hydrogen-bond donors (Lipinski definition) is 2. The van der Waals surface area contributed by atoms with Crippen LogP contribution in [0.1, 0.15) is 46.5 Å². The van der Waals surface area contributed by atoms with Crippen molar-refractivity contribution in [1.29, 1.82) is 0 Å². The lowest BCUT2D eigenvalue weighted by Gasteiger charge is -2.34. The molecule has 0 aromatic carbocycles. The molecule has 102 valence electrons. The second kappa shape index (κ2) is 6.72. The highest BCUT2D eigenvalue weighted by molar-refractivity contribution is 4.76. The van der Waals surface area contributed by atoms with Gasteiger partial charge in [0, 0.05) is 0 Å². The Morgan fingerprint density at radius 2 is 1.94 bits per heavy atom. The maximum atomic E-state index is 9.55. The molecule has 3 N–H and O–H groups in total. The molecule has 1 aliphatic heterocycles. The van der Waals surface area contributed by atoms with Gasteiger partial charge in [-0.2, -0.15) is 0 Å². The summed E-state index contributed by atoms with van der Waals surface area (Å²) in [5, 5.41) is 9.55. The van der Waals surface area contributed by atoms with E-state index in [4.69, 9.17) is 5.73 Å². The van der Waals surface area contributed by atoms with Crippen molar-refractivity contribution in [3.8, 4) is 0 Å². The molecule has 0 bridgehead atoms. The van der Waals surface area contributed by atoms with Crippen molar-refractivity contribution in [2.75, 3.05) is 26.2 Å². The highest BCUT2D eigenvalue weighted by Crippen LogP contribution is 2.23. The average molecular weight is 242 g/mol. The van der Waals surface area contributed by atoms with Gasteiger partial charge in [-0.05, 0) is 70.1 Å². The molecular formula is C14H30N2O. The first-order valence-electron chi connectivity index (χ1n) is 7.05. The molecule has 0 aromatic rings. The van der Waals surface area contributed by atoms with Crippen molar-refractivity contribution in [3.05, 3.63) is 0 Å². The standard InChI is InChI=1S/C14H30N2O/c1-12(17)13-5-9-16(10-6-13)8-4-7-14(2,3)11-15/h12-13,17H,4-11,15H2,1-3H3. The number of piperidine rings is 1. The topological polar surface area (TPSA) is 49.5 Å². The second-order valence-corrected chi connectivity index (χ2v) is 6.39. The zero-order valence-electron chi connectivity index (χ0n) is 11.8. The number of rotatable bonds is 6. The summed E-state index contributed by atoms with van der Waals surface area (Å²) in [6, 6.07) is 0. The number of hydrogen-bond acceptors (Lipinski definition) is 3. The van der Waals surface area contributed by atoms with E-state index in [-0.39, 0.29) is 11.5 Å². The molecule has 3 nitrogen and oxygen atoms in total. The summed E-state index contributed by atoms with van der Waals surface area (Å²) in [7, 11) is 0. The first-order valence-corrected chi connectivity index (χ1v) is 7.05. The molecule has 0 saturated carbocycles. The van der Waals surface area contributed by atoms with Gasteiger partial charge < -0.3 is 15.7 Å². The Balaban J connectivity index is 2.14. The van der Waals surface area contributed by atoms with Crippen molar-refractivity contribution < 1.29 is 5.11 Å². The molecule has 1 heterocycles. The number of nitrogens with zero attached hydrogens (tertiary/aromatic N) is 1. The Morgan fingerprint density at radius 1 is 1.35 bits per heavy atom. The first kappa shape index (κ1) is 14.9. The summed E-state index contributed by atoms with van der Waals surface area (Å²) < 4.78 is 0. The normalized spacial score (nSPS) is 21.7. The van der Waals surface area contributed by atoms with E-state index in [0.29, 0.717) is 5.92 Å². The molecule has 3 heteroatoms. The third-order valence-electron chi connectivity index (χ3n) is 4.19. The van der Waals surface area contributed by atoms with Gasteiger partial charge in [0.1, 0.15) is 0 Å². The van der Waals surface area contributed by atoms with Crippen LogP contribution in [-0.4, -0.2) is 42.3 Å². The van der Waals surface area contributed by atoms with Gasteiger partial charge in [0.05, 0.1) is 6.10 Å². The quantitative estimate of drug-likeness (QED) is 0.747. The van der Waals surface area contributed by atoms with E-state index < -0.39 is 0 Å². The third kappa shape index (κ3) is 5.36. The molecule has 0 spiro atoms. The fourth-order valence-corrected chi connectivity index (χ4v) is 2.54. The van der Waals surface area contributed by atoms with E-state index in [1.54, 1.807) is 0 Å². The summed E-state index contributed by atoms with van der Waals surface area (Å²) in [6.45, 7) is 10.7. The smallest absolute Gasteiger partial charge is 0.0541 e. The van der Waals surface area contributed by atoms with Crippen LogP contribution in [0.15, 0.2) is 0 Å². The van der Waals surface area contributed by atoms with Gasteiger partial charge in [0.2, 0.25) is 0 Å². The molecule has 0 aromatic heterocycles. The van der Waals surface area contributed by atoms with Crippen molar-refractivity contribution in [2.24, 2.45) is 17.1 Å². The van der Waals surface area contributed by atoms with Gasteiger partial charge >= 0.3 is 0 Å². The molecule has 0 radical (unpaired) electrons. The van der Waals surface area contributed by atoms with Crippen molar-refractivity contribution in [1.82, 2.24) is 4.90 Å². The number of aliphatic hydroxyl groups is 1. The summed E-state index contributed by atoms with van der Waals surface area (Å²) >= 11 is 0. The molecule has 17 heavy (non-hydrogen) atoms. The third-order valence-corrected chi connectivity index (χ3v) is 4.19. The van der Waals surface area contributed by atoms with Gasteiger partial charge in [-0.1, -0.05) is 13.8 Å². The number of aliphatic hydroxyl groups excluding tert-OH is 1. The van der Waals surface area contributed by atoms with Crippen molar-refractivity contribution in [3.63, 3.8) is 0 Å². The van der Waals surface area contributed by atoms with E-state index in [1.165, 1.54) is 19.4 Å². The van der Waals surface area contributed by atoms with E-state index >= 15 is 0 Å². The maximum Gasteiger partial charge on any atom is 0.0541 e. The Labute approximate surface area is 106 Å². The minimum Gasteiger partial charge on any atom is -0.393 e. The summed E-state index contributed by atoms with van der Waals surface area (Å²) in [6.07, 6.45) is 4.62. The lowest BCUT2D eigenvalue weighted by atomic mass is 9.87. The lowest BCUT2D eigenvalue weighted by Crippen LogP contribution is -2.38. The molecule has 1 saturated heterocycles. The molecule has 0 aliphatic carbocycles. The molecule has 1 fully saturated rings. The monoisotopic (exact) mass is 242 g/mol. The van der Waals surface area contributed by atoms with Gasteiger partial charge in [-0.25, -0.2) is 0 Å². The van der Waals surface area contributed by atoms with E-state index in [0.717, 1.165) is 32.5 Å². The van der Waals surface area contributed by atoms with Gasteiger partial charge in [-0.3, -0.25) is 0 Å². The number of nitrogens with two attached hydrogens (primary N) is 1. The predicted octanol–water partition coefficient (Wildman–Crippen LogP) is 1.84. The maximum absolute atomic E-state index is 9.55. The van der Waals surface area contributed by atoms with Crippen LogP contribution in [-0.2, 0) is 0 Å². The van der Waals surface area contributed by atoms with Crippen LogP contribution < -0.4 is 5.73 Å². The lowest BCUT2D eigenvalue weighted by molar-refractivity contribution is 0.0704. The zero-order chi connectivity index (χ0) is 12.9. The predicted molar refractivity (Wildman–Crippen MR) is 72.9 cm³/mol. The number of likely N-dealkylation sites (tertiary alicyclic amines) is 1. The molecule has 1 atom stereocenters. The highest BCUT2D eigenvalue weighted by atomic mass is 16.3. The van der Waals surface area contributed by atoms with E-state index in [9.17, 15) is 5.11 Å². The molecule has 1 unspecified atom stereocenters. The van der Waals surface area contributed by atoms with Crippen LogP contribution in [0.4, 0.5) is 0 Å². The van der Waals surface area contributed by atoms with Crippen LogP contribution in [0.2, 0.25) is 0 Å².